The fraction of sp³-hybridized carbons (Fsp3) is 0.200. The second kappa shape index (κ2) is 6.35. The topological polar surface area (TPSA) is 50.7 Å². The van der Waals surface area contributed by atoms with E-state index in [0.29, 0.717) is 15.7 Å². The van der Waals surface area contributed by atoms with Crippen molar-refractivity contribution in [2.45, 2.75) is 6.42 Å². The molecule has 0 aliphatic heterocycles. The van der Waals surface area contributed by atoms with Crippen LogP contribution in [0.3, 0.4) is 0 Å². The molecule has 0 spiro atoms. The quantitative estimate of drug-likeness (QED) is 0.669. The molecule has 0 saturated heterocycles. The summed E-state index contributed by atoms with van der Waals surface area (Å²) in [5.41, 5.74) is 0.588. The monoisotopic (exact) mass is 260 g/mol. The summed E-state index contributed by atoms with van der Waals surface area (Å²) in [5, 5.41) is 6.93. The largest absolute Gasteiger partial charge is 0.399 e. The van der Waals surface area contributed by atoms with Crippen LogP contribution in [0.15, 0.2) is 23.4 Å². The van der Waals surface area contributed by atoms with Gasteiger partial charge in [0.25, 0.3) is 0 Å². The van der Waals surface area contributed by atoms with E-state index in [4.69, 9.17) is 23.2 Å². The Bertz CT molecular complexity index is 408. The van der Waals surface area contributed by atoms with E-state index in [1.165, 1.54) is 13.3 Å². The molecule has 16 heavy (non-hydrogen) atoms. The van der Waals surface area contributed by atoms with Crippen LogP contribution in [-0.2, 0) is 9.63 Å². The summed E-state index contributed by atoms with van der Waals surface area (Å²) in [6.07, 6.45) is 1.50. The summed E-state index contributed by atoms with van der Waals surface area (Å²) >= 11 is 11.5. The molecule has 0 heterocycles. The highest BCUT2D eigenvalue weighted by atomic mass is 35.5. The predicted molar refractivity (Wildman–Crippen MR) is 65.2 cm³/mol. The molecule has 0 aromatic heterocycles. The van der Waals surface area contributed by atoms with Crippen LogP contribution in [0.5, 0.6) is 0 Å². The lowest BCUT2D eigenvalue weighted by Gasteiger charge is -2.04. The lowest BCUT2D eigenvalue weighted by Crippen LogP contribution is -2.11. The van der Waals surface area contributed by atoms with Gasteiger partial charge in [0, 0.05) is 5.69 Å². The maximum absolute atomic E-state index is 11.3. The first kappa shape index (κ1) is 12.8. The van der Waals surface area contributed by atoms with Gasteiger partial charge < -0.3 is 10.2 Å². The van der Waals surface area contributed by atoms with Crippen LogP contribution in [0.25, 0.3) is 0 Å². The lowest BCUT2D eigenvalue weighted by atomic mass is 10.3. The molecule has 0 aliphatic carbocycles. The Morgan fingerprint density at radius 2 is 2.25 bits per heavy atom. The number of carbonyl (C=O) groups excluding carboxylic acids is 1. The SMILES string of the molecule is CO/N=C/CC(=O)Nc1ccc(Cl)c(Cl)c1. The van der Waals surface area contributed by atoms with Crippen LogP contribution in [-0.4, -0.2) is 19.2 Å². The minimum absolute atomic E-state index is 0.133. The molecule has 1 rings (SSSR count). The van der Waals surface area contributed by atoms with Crippen LogP contribution >= 0.6 is 23.2 Å². The smallest absolute Gasteiger partial charge is 0.229 e. The number of oxime groups is 1. The third-order valence-corrected chi connectivity index (χ3v) is 2.40. The maximum atomic E-state index is 11.3. The molecule has 86 valence electrons. The van der Waals surface area contributed by atoms with Gasteiger partial charge in [-0.25, -0.2) is 0 Å². The third-order valence-electron chi connectivity index (χ3n) is 1.66. The van der Waals surface area contributed by atoms with E-state index < -0.39 is 0 Å². The van der Waals surface area contributed by atoms with Crippen molar-refractivity contribution in [3.05, 3.63) is 28.2 Å². The number of nitrogens with one attached hydrogen (secondary N) is 1. The Kier molecular flexibility index (Phi) is 5.08. The van der Waals surface area contributed by atoms with Gasteiger partial charge in [-0.2, -0.15) is 0 Å². The predicted octanol–water partition coefficient (Wildman–Crippen LogP) is 2.95. The highest BCUT2D eigenvalue weighted by Gasteiger charge is 2.03. The Hall–Kier alpha value is -1.26. The van der Waals surface area contributed by atoms with E-state index in [1.807, 2.05) is 0 Å². The molecule has 0 saturated carbocycles. The van der Waals surface area contributed by atoms with Gasteiger partial charge in [0.15, 0.2) is 0 Å². The number of rotatable bonds is 4. The van der Waals surface area contributed by atoms with Gasteiger partial charge in [0.05, 0.1) is 22.7 Å². The van der Waals surface area contributed by atoms with Crippen molar-refractivity contribution < 1.29 is 9.63 Å². The summed E-state index contributed by atoms with van der Waals surface area (Å²) in [5.74, 6) is -0.209. The van der Waals surface area contributed by atoms with Crippen molar-refractivity contribution in [1.29, 1.82) is 0 Å². The van der Waals surface area contributed by atoms with Crippen LogP contribution < -0.4 is 5.32 Å². The van der Waals surface area contributed by atoms with E-state index in [0.717, 1.165) is 0 Å². The van der Waals surface area contributed by atoms with Crippen molar-refractivity contribution >= 4 is 41.0 Å². The number of halogens is 2. The number of hydrogen-bond acceptors (Lipinski definition) is 3. The highest BCUT2D eigenvalue weighted by molar-refractivity contribution is 6.42. The average Bonchev–Trinajstić information content (AvgIpc) is 2.24. The zero-order valence-corrected chi connectivity index (χ0v) is 10.0. The molecule has 0 aliphatic rings. The molecule has 0 atom stereocenters. The van der Waals surface area contributed by atoms with Crippen LogP contribution in [0.1, 0.15) is 6.42 Å². The van der Waals surface area contributed by atoms with Crippen molar-refractivity contribution in [1.82, 2.24) is 0 Å². The van der Waals surface area contributed by atoms with Gasteiger partial charge in [-0.3, -0.25) is 4.79 Å². The second-order valence-electron chi connectivity index (χ2n) is 2.85. The number of nitrogens with zero attached hydrogens (tertiary/aromatic N) is 1. The first-order valence-electron chi connectivity index (χ1n) is 4.43. The first-order valence-corrected chi connectivity index (χ1v) is 5.19. The van der Waals surface area contributed by atoms with Gasteiger partial charge in [-0.05, 0) is 18.2 Å². The minimum atomic E-state index is -0.209. The van der Waals surface area contributed by atoms with E-state index in [1.54, 1.807) is 18.2 Å². The second-order valence-corrected chi connectivity index (χ2v) is 3.67. The Morgan fingerprint density at radius 3 is 2.88 bits per heavy atom. The standard InChI is InChI=1S/C10H10Cl2N2O2/c1-16-13-5-4-10(15)14-7-2-3-8(11)9(12)6-7/h2-3,5-6H,4H2,1H3,(H,14,15)/b13-5+. The van der Waals surface area contributed by atoms with Crippen LogP contribution in [0, 0.1) is 0 Å². The molecule has 0 unspecified atom stereocenters. The highest BCUT2D eigenvalue weighted by Crippen LogP contribution is 2.24. The first-order chi connectivity index (χ1) is 7.63. The van der Waals surface area contributed by atoms with Gasteiger partial charge in [-0.1, -0.05) is 28.4 Å². The number of hydrogen-bond donors (Lipinski definition) is 1. The molecule has 0 bridgehead atoms. The van der Waals surface area contributed by atoms with Gasteiger partial charge >= 0.3 is 0 Å². The van der Waals surface area contributed by atoms with Crippen molar-refractivity contribution in [2.24, 2.45) is 5.16 Å². The molecule has 6 heteroatoms. The molecule has 1 aromatic rings. The average molecular weight is 261 g/mol. The Balaban J connectivity index is 2.56. The molecular weight excluding hydrogens is 251 g/mol. The molecule has 4 nitrogen and oxygen atoms in total. The summed E-state index contributed by atoms with van der Waals surface area (Å²) in [6.45, 7) is 0. The van der Waals surface area contributed by atoms with Crippen molar-refractivity contribution in [2.75, 3.05) is 12.4 Å². The summed E-state index contributed by atoms with van der Waals surface area (Å²) in [6, 6.07) is 4.86. The van der Waals surface area contributed by atoms with E-state index in [-0.39, 0.29) is 12.3 Å². The van der Waals surface area contributed by atoms with E-state index in [9.17, 15) is 4.79 Å². The van der Waals surface area contributed by atoms with Crippen LogP contribution in [0.4, 0.5) is 5.69 Å². The minimum Gasteiger partial charge on any atom is -0.399 e. The fourth-order valence-electron chi connectivity index (χ4n) is 0.981. The zero-order valence-electron chi connectivity index (χ0n) is 8.54. The maximum Gasteiger partial charge on any atom is 0.229 e. The molecule has 1 amide bonds. The van der Waals surface area contributed by atoms with Gasteiger partial charge in [0.1, 0.15) is 7.11 Å². The molecular formula is C10H10Cl2N2O2. The number of benzene rings is 1. The number of anilines is 1. The van der Waals surface area contributed by atoms with Crippen LogP contribution in [0.2, 0.25) is 10.0 Å². The Morgan fingerprint density at radius 1 is 1.50 bits per heavy atom. The number of carbonyl (C=O) groups is 1. The van der Waals surface area contributed by atoms with Gasteiger partial charge in [-0.15, -0.1) is 0 Å². The van der Waals surface area contributed by atoms with Gasteiger partial charge in [0.2, 0.25) is 5.91 Å². The normalized spacial score (nSPS) is 10.4. The molecule has 1 aromatic carbocycles. The van der Waals surface area contributed by atoms with Crippen molar-refractivity contribution in [3.63, 3.8) is 0 Å². The fourth-order valence-corrected chi connectivity index (χ4v) is 1.28. The third kappa shape index (κ3) is 4.08. The Labute approximate surface area is 103 Å². The summed E-state index contributed by atoms with van der Waals surface area (Å²) in [7, 11) is 1.41. The molecule has 0 radical (unpaired) electrons. The van der Waals surface area contributed by atoms with E-state index in [2.05, 4.69) is 15.3 Å². The lowest BCUT2D eigenvalue weighted by molar-refractivity contribution is -0.115. The summed E-state index contributed by atoms with van der Waals surface area (Å²) < 4.78 is 0. The summed E-state index contributed by atoms with van der Waals surface area (Å²) in [4.78, 5) is 15.8. The number of amides is 1. The van der Waals surface area contributed by atoms with Crippen molar-refractivity contribution in [3.8, 4) is 0 Å². The molecule has 0 fully saturated rings. The molecule has 1 N–H and O–H groups in total. The zero-order chi connectivity index (χ0) is 12.0. The van der Waals surface area contributed by atoms with E-state index >= 15 is 0 Å².